The highest BCUT2D eigenvalue weighted by Gasteiger charge is 2.17. The normalized spacial score (nSPS) is 19.9. The summed E-state index contributed by atoms with van der Waals surface area (Å²) in [4.78, 5) is 2.39. The van der Waals surface area contributed by atoms with Gasteiger partial charge in [0.1, 0.15) is 5.75 Å². The summed E-state index contributed by atoms with van der Waals surface area (Å²) in [6.45, 7) is 5.57. The van der Waals surface area contributed by atoms with E-state index in [0.717, 1.165) is 18.0 Å². The number of likely N-dealkylation sites (tertiary alicyclic amines) is 1. The van der Waals surface area contributed by atoms with E-state index >= 15 is 0 Å². The molecule has 1 saturated heterocycles. The maximum Gasteiger partial charge on any atom is 0.120 e. The van der Waals surface area contributed by atoms with Crippen LogP contribution in [0.15, 0.2) is 24.3 Å². The maximum atomic E-state index is 9.81. The molecule has 3 nitrogen and oxygen atoms in total. The minimum absolute atomic E-state index is 0.214. The highest BCUT2D eigenvalue weighted by Crippen LogP contribution is 2.24. The van der Waals surface area contributed by atoms with Gasteiger partial charge in [-0.1, -0.05) is 18.2 Å². The predicted molar refractivity (Wildman–Crippen MR) is 74.7 cm³/mol. The molecule has 18 heavy (non-hydrogen) atoms. The van der Waals surface area contributed by atoms with Crippen molar-refractivity contribution in [2.24, 2.45) is 5.92 Å². The third-order valence-electron chi connectivity index (χ3n) is 3.95. The van der Waals surface area contributed by atoms with Crippen molar-refractivity contribution in [2.45, 2.75) is 25.8 Å². The monoisotopic (exact) mass is 248 g/mol. The van der Waals surface area contributed by atoms with E-state index in [-0.39, 0.29) is 6.04 Å². The van der Waals surface area contributed by atoms with Crippen LogP contribution in [0.2, 0.25) is 0 Å². The van der Waals surface area contributed by atoms with E-state index in [1.165, 1.54) is 25.9 Å². The Hall–Kier alpha value is -1.06. The van der Waals surface area contributed by atoms with Gasteiger partial charge in [0.2, 0.25) is 0 Å². The number of para-hydroxylation sites is 1. The van der Waals surface area contributed by atoms with Gasteiger partial charge in [0, 0.05) is 11.6 Å². The summed E-state index contributed by atoms with van der Waals surface area (Å²) in [7, 11) is 2.19. The standard InChI is InChI=1S/C15H24N2O/c1-12(14-5-3-4-6-15(14)18)16-11-13-7-9-17(2)10-8-13/h3-6,12-13,16,18H,7-11H2,1-2H3. The Labute approximate surface area is 110 Å². The molecule has 0 saturated carbocycles. The molecule has 0 aliphatic carbocycles. The van der Waals surface area contributed by atoms with Gasteiger partial charge in [-0.2, -0.15) is 0 Å². The molecule has 1 aromatic carbocycles. The summed E-state index contributed by atoms with van der Waals surface area (Å²) in [6, 6.07) is 7.79. The van der Waals surface area contributed by atoms with Gasteiger partial charge in [0.05, 0.1) is 0 Å². The summed E-state index contributed by atoms with van der Waals surface area (Å²) >= 11 is 0. The number of phenolic OH excluding ortho intramolecular Hbond substituents is 1. The Kier molecular flexibility index (Phi) is 4.61. The van der Waals surface area contributed by atoms with Crippen LogP contribution < -0.4 is 5.32 Å². The van der Waals surface area contributed by atoms with Crippen LogP contribution in [0.5, 0.6) is 5.75 Å². The van der Waals surface area contributed by atoms with Crippen molar-refractivity contribution in [3.63, 3.8) is 0 Å². The number of piperidine rings is 1. The highest BCUT2D eigenvalue weighted by molar-refractivity contribution is 5.34. The van der Waals surface area contributed by atoms with E-state index in [1.54, 1.807) is 6.07 Å². The topological polar surface area (TPSA) is 35.5 Å². The Bertz CT molecular complexity index is 373. The van der Waals surface area contributed by atoms with Crippen molar-refractivity contribution in [3.05, 3.63) is 29.8 Å². The number of aromatic hydroxyl groups is 1. The zero-order valence-electron chi connectivity index (χ0n) is 11.4. The van der Waals surface area contributed by atoms with Crippen LogP contribution in [0.1, 0.15) is 31.4 Å². The first-order valence-electron chi connectivity index (χ1n) is 6.86. The first kappa shape index (κ1) is 13.4. The average molecular weight is 248 g/mol. The number of hydrogen-bond donors (Lipinski definition) is 2. The second kappa shape index (κ2) is 6.21. The predicted octanol–water partition coefficient (Wildman–Crippen LogP) is 2.38. The van der Waals surface area contributed by atoms with Crippen molar-refractivity contribution in [2.75, 3.05) is 26.7 Å². The van der Waals surface area contributed by atoms with Crippen molar-refractivity contribution in [1.82, 2.24) is 10.2 Å². The molecular formula is C15H24N2O. The molecule has 0 bridgehead atoms. The average Bonchev–Trinajstić information content (AvgIpc) is 2.38. The van der Waals surface area contributed by atoms with Crippen LogP contribution in [0.25, 0.3) is 0 Å². The first-order chi connectivity index (χ1) is 8.66. The summed E-state index contributed by atoms with van der Waals surface area (Å²) in [5.74, 6) is 1.16. The summed E-state index contributed by atoms with van der Waals surface area (Å²) in [5, 5.41) is 13.4. The number of rotatable bonds is 4. The van der Waals surface area contributed by atoms with E-state index in [2.05, 4.69) is 24.2 Å². The lowest BCUT2D eigenvalue weighted by Gasteiger charge is -2.30. The Balaban J connectivity index is 1.81. The van der Waals surface area contributed by atoms with Crippen molar-refractivity contribution < 1.29 is 5.11 Å². The van der Waals surface area contributed by atoms with Crippen LogP contribution in [-0.4, -0.2) is 36.7 Å². The summed E-state index contributed by atoms with van der Waals surface area (Å²) in [5.41, 5.74) is 0.991. The lowest BCUT2D eigenvalue weighted by Crippen LogP contribution is -2.35. The Morgan fingerprint density at radius 2 is 2.00 bits per heavy atom. The van der Waals surface area contributed by atoms with E-state index in [4.69, 9.17) is 0 Å². The highest BCUT2D eigenvalue weighted by atomic mass is 16.3. The van der Waals surface area contributed by atoms with E-state index in [1.807, 2.05) is 18.2 Å². The number of benzene rings is 1. The van der Waals surface area contributed by atoms with Crippen LogP contribution >= 0.6 is 0 Å². The molecule has 0 aromatic heterocycles. The fourth-order valence-corrected chi connectivity index (χ4v) is 2.57. The van der Waals surface area contributed by atoms with Gasteiger partial charge in [0.15, 0.2) is 0 Å². The molecule has 2 rings (SSSR count). The first-order valence-corrected chi connectivity index (χ1v) is 6.86. The largest absolute Gasteiger partial charge is 0.508 e. The van der Waals surface area contributed by atoms with Gasteiger partial charge in [-0.3, -0.25) is 0 Å². The molecule has 1 aliphatic rings. The molecule has 0 radical (unpaired) electrons. The number of phenols is 1. The van der Waals surface area contributed by atoms with Crippen LogP contribution in [0.3, 0.4) is 0 Å². The van der Waals surface area contributed by atoms with Gasteiger partial charge in [-0.15, -0.1) is 0 Å². The fraction of sp³-hybridized carbons (Fsp3) is 0.600. The molecule has 100 valence electrons. The smallest absolute Gasteiger partial charge is 0.120 e. The van der Waals surface area contributed by atoms with Crippen molar-refractivity contribution in [3.8, 4) is 5.75 Å². The SMILES string of the molecule is CC(NCC1CCN(C)CC1)c1ccccc1O. The minimum atomic E-state index is 0.214. The lowest BCUT2D eigenvalue weighted by molar-refractivity contribution is 0.213. The fourth-order valence-electron chi connectivity index (χ4n) is 2.57. The molecule has 3 heteroatoms. The zero-order chi connectivity index (χ0) is 13.0. The van der Waals surface area contributed by atoms with Crippen molar-refractivity contribution in [1.29, 1.82) is 0 Å². The molecule has 1 heterocycles. The molecule has 1 aromatic rings. The second-order valence-corrected chi connectivity index (χ2v) is 5.44. The summed E-state index contributed by atoms with van der Waals surface area (Å²) < 4.78 is 0. The maximum absolute atomic E-state index is 9.81. The molecular weight excluding hydrogens is 224 g/mol. The van der Waals surface area contributed by atoms with Crippen LogP contribution in [0, 0.1) is 5.92 Å². The Morgan fingerprint density at radius 1 is 1.33 bits per heavy atom. The molecule has 1 atom stereocenters. The zero-order valence-corrected chi connectivity index (χ0v) is 11.4. The number of hydrogen-bond acceptors (Lipinski definition) is 3. The number of nitrogens with one attached hydrogen (secondary N) is 1. The minimum Gasteiger partial charge on any atom is -0.508 e. The second-order valence-electron chi connectivity index (χ2n) is 5.44. The van der Waals surface area contributed by atoms with Gasteiger partial charge >= 0.3 is 0 Å². The van der Waals surface area contributed by atoms with Gasteiger partial charge in [-0.05, 0) is 58.4 Å². The molecule has 1 fully saturated rings. The van der Waals surface area contributed by atoms with Gasteiger partial charge in [0.25, 0.3) is 0 Å². The van der Waals surface area contributed by atoms with E-state index in [9.17, 15) is 5.11 Å². The third kappa shape index (κ3) is 3.47. The summed E-state index contributed by atoms with van der Waals surface area (Å²) in [6.07, 6.45) is 2.55. The molecule has 1 unspecified atom stereocenters. The molecule has 0 spiro atoms. The lowest BCUT2D eigenvalue weighted by atomic mass is 9.96. The molecule has 2 N–H and O–H groups in total. The quantitative estimate of drug-likeness (QED) is 0.859. The third-order valence-corrected chi connectivity index (χ3v) is 3.95. The van der Waals surface area contributed by atoms with Crippen LogP contribution in [-0.2, 0) is 0 Å². The van der Waals surface area contributed by atoms with E-state index in [0.29, 0.717) is 5.75 Å². The van der Waals surface area contributed by atoms with Gasteiger partial charge in [-0.25, -0.2) is 0 Å². The van der Waals surface area contributed by atoms with Gasteiger partial charge < -0.3 is 15.3 Å². The molecule has 1 aliphatic heterocycles. The van der Waals surface area contributed by atoms with E-state index < -0.39 is 0 Å². The van der Waals surface area contributed by atoms with Crippen LogP contribution in [0.4, 0.5) is 0 Å². The Morgan fingerprint density at radius 3 is 2.67 bits per heavy atom. The number of nitrogens with zero attached hydrogens (tertiary/aromatic N) is 1. The van der Waals surface area contributed by atoms with Crippen molar-refractivity contribution >= 4 is 0 Å². The molecule has 0 amide bonds.